The Labute approximate surface area is 264 Å². The Morgan fingerprint density at radius 3 is 2.52 bits per heavy atom. The Bertz CT molecular complexity index is 1040. The van der Waals surface area contributed by atoms with Crippen molar-refractivity contribution in [3.63, 3.8) is 0 Å². The summed E-state index contributed by atoms with van der Waals surface area (Å²) in [7, 11) is -0.540. The van der Waals surface area contributed by atoms with Crippen molar-refractivity contribution in [2.45, 2.75) is 136 Å². The number of guanidine groups is 1. The number of unbranched alkanes of at least 4 members (excludes halogenated alkanes) is 5. The van der Waals surface area contributed by atoms with Crippen molar-refractivity contribution < 1.29 is 23.9 Å². The van der Waals surface area contributed by atoms with Crippen LogP contribution in [-0.2, 0) is 18.9 Å². The van der Waals surface area contributed by atoms with Crippen LogP contribution in [0.25, 0.3) is 0 Å². The number of hydrazine groups is 1. The number of aliphatic imine (C=N–C) groups is 1. The number of Topliss-reactive ketones (excluding diaryl/α,β-unsaturated/α-hetero) is 1. The number of nitrogens with zero attached hydrogens (tertiary/aromatic N) is 2. The van der Waals surface area contributed by atoms with Gasteiger partial charge in [0.15, 0.2) is 5.03 Å². The second kappa shape index (κ2) is 16.2. The lowest BCUT2D eigenvalue weighted by Gasteiger charge is -2.64. The minimum Gasteiger partial charge on any atom is -0.404 e. The van der Waals surface area contributed by atoms with Crippen molar-refractivity contribution >= 4 is 24.8 Å². The van der Waals surface area contributed by atoms with Gasteiger partial charge in [-0.2, -0.15) is 0 Å². The molecule has 0 unspecified atom stereocenters. The molecular formula is C32H56BN5O6. The van der Waals surface area contributed by atoms with E-state index in [1.54, 1.807) is 0 Å². The number of allylic oxidation sites excluding steroid dienone is 1. The third kappa shape index (κ3) is 9.52. The molecule has 44 heavy (non-hydrogen) atoms. The van der Waals surface area contributed by atoms with Crippen molar-refractivity contribution in [1.29, 1.82) is 0 Å². The number of amides is 1. The molecule has 1 heterocycles. The Kier molecular flexibility index (Phi) is 13.3. The Morgan fingerprint density at radius 2 is 1.86 bits per heavy atom. The summed E-state index contributed by atoms with van der Waals surface area (Å²) in [5.74, 6) is 0.0613. The van der Waals surface area contributed by atoms with Gasteiger partial charge >= 0.3 is 7.12 Å². The SMILES string of the molecule is C=CCCCCCCCC(=O)C[C@@H](CCCN=C(N)N[N+](=O)[O-])C(=O)N[C@@H](CC(C)C)B1O[C@@H]2C[C@H]3C[C@H](C3(C)C)[C@]2(C)O1. The molecule has 11 nitrogen and oxygen atoms in total. The lowest BCUT2D eigenvalue weighted by atomic mass is 9.43. The zero-order valence-corrected chi connectivity index (χ0v) is 27.6. The van der Waals surface area contributed by atoms with Gasteiger partial charge in [-0.15, -0.1) is 6.58 Å². The molecule has 3 aliphatic carbocycles. The number of ketones is 1. The van der Waals surface area contributed by atoms with E-state index in [0.29, 0.717) is 43.4 Å². The molecule has 3 saturated carbocycles. The van der Waals surface area contributed by atoms with Crippen molar-refractivity contribution in [3.8, 4) is 0 Å². The highest BCUT2D eigenvalue weighted by molar-refractivity contribution is 6.47. The number of nitrogens with two attached hydrogens (primary N) is 1. The zero-order valence-electron chi connectivity index (χ0n) is 27.6. The van der Waals surface area contributed by atoms with Crippen LogP contribution in [0, 0.1) is 39.2 Å². The normalized spacial score (nSPS) is 26.8. The van der Waals surface area contributed by atoms with Gasteiger partial charge in [-0.1, -0.05) is 58.5 Å². The molecule has 4 N–H and O–H groups in total. The first-order valence-corrected chi connectivity index (χ1v) is 16.7. The molecule has 0 aromatic carbocycles. The maximum Gasteiger partial charge on any atom is 0.481 e. The van der Waals surface area contributed by atoms with E-state index >= 15 is 0 Å². The second-order valence-corrected chi connectivity index (χ2v) is 14.4. The average molecular weight is 618 g/mol. The summed E-state index contributed by atoms with van der Waals surface area (Å²) < 4.78 is 13.3. The van der Waals surface area contributed by atoms with Crippen LogP contribution in [0.4, 0.5) is 0 Å². The molecule has 12 heteroatoms. The first-order chi connectivity index (χ1) is 20.8. The fraction of sp³-hybridized carbons (Fsp3) is 0.844. The summed E-state index contributed by atoms with van der Waals surface area (Å²) in [6, 6.07) is 0. The Hall–Kier alpha value is -2.47. The van der Waals surface area contributed by atoms with Crippen molar-refractivity contribution in [2.24, 2.45) is 39.8 Å². The van der Waals surface area contributed by atoms with Crippen LogP contribution >= 0.6 is 0 Å². The molecule has 0 aromatic heterocycles. The number of carbonyl (C=O) groups excluding carboxylic acids is 2. The third-order valence-electron chi connectivity index (χ3n) is 10.3. The van der Waals surface area contributed by atoms with Crippen LogP contribution in [0.3, 0.4) is 0 Å². The summed E-state index contributed by atoms with van der Waals surface area (Å²) in [5, 5.41) is 13.1. The van der Waals surface area contributed by atoms with Crippen LogP contribution in [0.15, 0.2) is 17.6 Å². The molecule has 248 valence electrons. The molecule has 6 atom stereocenters. The van der Waals surface area contributed by atoms with Gasteiger partial charge in [0.25, 0.3) is 5.96 Å². The monoisotopic (exact) mass is 617 g/mol. The lowest BCUT2D eigenvalue weighted by molar-refractivity contribution is -0.525. The molecule has 4 rings (SSSR count). The summed E-state index contributed by atoms with van der Waals surface area (Å²) >= 11 is 0. The number of rotatable bonds is 20. The highest BCUT2D eigenvalue weighted by atomic mass is 16.7. The highest BCUT2D eigenvalue weighted by Gasteiger charge is 2.68. The second-order valence-electron chi connectivity index (χ2n) is 14.4. The third-order valence-corrected chi connectivity index (χ3v) is 10.3. The van der Waals surface area contributed by atoms with E-state index in [2.05, 4.69) is 51.5 Å². The van der Waals surface area contributed by atoms with Gasteiger partial charge in [-0.3, -0.25) is 9.59 Å². The largest absolute Gasteiger partial charge is 0.481 e. The molecule has 1 saturated heterocycles. The molecule has 1 aliphatic heterocycles. The average Bonchev–Trinajstić information content (AvgIpc) is 3.30. The first kappa shape index (κ1) is 36.0. The van der Waals surface area contributed by atoms with Gasteiger partial charge in [-0.05, 0) is 81.5 Å². The molecule has 0 radical (unpaired) electrons. The van der Waals surface area contributed by atoms with E-state index in [4.69, 9.17) is 15.0 Å². The fourth-order valence-corrected chi connectivity index (χ4v) is 7.63. The Morgan fingerprint density at radius 1 is 1.16 bits per heavy atom. The van der Waals surface area contributed by atoms with Crippen molar-refractivity contribution in [1.82, 2.24) is 10.7 Å². The molecule has 4 aliphatic rings. The molecular weight excluding hydrogens is 561 g/mol. The summed E-state index contributed by atoms with van der Waals surface area (Å²) in [6.07, 6.45) is 12.4. The zero-order chi connectivity index (χ0) is 32.5. The minimum absolute atomic E-state index is 0.0149. The van der Waals surface area contributed by atoms with Crippen LogP contribution in [-0.4, -0.2) is 54.0 Å². The van der Waals surface area contributed by atoms with E-state index in [0.717, 1.165) is 51.4 Å². The predicted octanol–water partition coefficient (Wildman–Crippen LogP) is 5.15. The molecule has 0 aromatic rings. The quantitative estimate of drug-likeness (QED) is 0.0322. The maximum atomic E-state index is 13.8. The number of carbonyl (C=O) groups is 2. The topological polar surface area (TPSA) is 158 Å². The van der Waals surface area contributed by atoms with E-state index in [1.807, 2.05) is 11.5 Å². The number of hydrogen-bond acceptors (Lipinski definition) is 7. The van der Waals surface area contributed by atoms with E-state index < -0.39 is 18.1 Å². The van der Waals surface area contributed by atoms with Gasteiger partial charge < -0.3 is 20.4 Å². The van der Waals surface area contributed by atoms with E-state index in [9.17, 15) is 19.7 Å². The van der Waals surface area contributed by atoms with Crippen LogP contribution < -0.4 is 16.5 Å². The van der Waals surface area contributed by atoms with Gasteiger partial charge in [0.2, 0.25) is 5.91 Å². The number of hydrogen-bond donors (Lipinski definition) is 3. The van der Waals surface area contributed by atoms with Crippen LogP contribution in [0.5, 0.6) is 0 Å². The summed E-state index contributed by atoms with van der Waals surface area (Å²) in [6.45, 7) is 15.0. The van der Waals surface area contributed by atoms with Gasteiger partial charge in [0.1, 0.15) is 5.78 Å². The molecule has 0 spiro atoms. The van der Waals surface area contributed by atoms with Crippen molar-refractivity contribution in [3.05, 3.63) is 22.8 Å². The fourth-order valence-electron chi connectivity index (χ4n) is 7.63. The predicted molar refractivity (Wildman–Crippen MR) is 173 cm³/mol. The Balaban J connectivity index is 1.63. The van der Waals surface area contributed by atoms with E-state index in [1.165, 1.54) is 0 Å². The minimum atomic E-state index is -0.768. The maximum absolute atomic E-state index is 13.8. The van der Waals surface area contributed by atoms with Gasteiger partial charge in [0, 0.05) is 25.3 Å². The van der Waals surface area contributed by atoms with Crippen LogP contribution in [0.1, 0.15) is 118 Å². The number of nitrogens with one attached hydrogen (secondary N) is 2. The summed E-state index contributed by atoms with van der Waals surface area (Å²) in [5.41, 5.74) is 7.21. The molecule has 2 bridgehead atoms. The first-order valence-electron chi connectivity index (χ1n) is 16.7. The van der Waals surface area contributed by atoms with Gasteiger partial charge in [0.05, 0.1) is 17.6 Å². The summed E-state index contributed by atoms with van der Waals surface area (Å²) in [4.78, 5) is 41.4. The smallest absolute Gasteiger partial charge is 0.404 e. The van der Waals surface area contributed by atoms with Crippen molar-refractivity contribution in [2.75, 3.05) is 6.54 Å². The molecule has 4 fully saturated rings. The van der Waals surface area contributed by atoms with Gasteiger partial charge in [-0.25, -0.2) is 15.1 Å². The van der Waals surface area contributed by atoms with E-state index in [-0.39, 0.29) is 53.7 Å². The molecule has 1 amide bonds. The standard InChI is InChI=1S/C32H56BN5O6/c1-7-8-9-10-11-12-13-16-25(39)19-23(15-14-17-35-30(34)37-38(41)42)29(40)36-28(18-22(2)3)33-43-27-21-24-20-26(31(24,4)5)32(27,6)44-33/h7,22-24,26-28H,1,8-21H2,2-6H3,(H,36,40)(H3,34,35,37)/t23-,24-,26-,27-,28+,32+/m1/s1. The highest BCUT2D eigenvalue weighted by Crippen LogP contribution is 2.65. The number of nitro groups is 1. The lowest BCUT2D eigenvalue weighted by Crippen LogP contribution is -2.65. The van der Waals surface area contributed by atoms with Crippen LogP contribution in [0.2, 0.25) is 0 Å².